The average molecular weight is 992 g/mol. The minimum Gasteiger partial charge on any atom is -0.307 e. The van der Waals surface area contributed by atoms with Crippen molar-refractivity contribution in [3.63, 3.8) is 0 Å². The standard InChI is InChI=1S/C72H57N5/c1-46-45-71(2,3)63-44-56(38-43-62(63)72(46,4)5)53-26-24-51(25-27-53)52-36-39-57(40-37-52)76-64-22-14-12-20-58(64)60-41-42-61-59-21-13-15-23-65(59)77(67(61)66(60)76)70-74-68(54-32-28-49(29-33-54)47-16-8-6-9-17-47)73-69(75-70)55-34-30-50(31-35-55)48-18-10-7-11-19-48/h6-44,46H,45H2,1-5H3. The molecule has 13 aromatic rings. The van der Waals surface area contributed by atoms with Crippen LogP contribution in [0.15, 0.2) is 237 Å². The zero-order valence-electron chi connectivity index (χ0n) is 44.0. The number of rotatable bonds is 8. The number of para-hydroxylation sites is 2. The van der Waals surface area contributed by atoms with Crippen molar-refractivity contribution in [2.45, 2.75) is 51.9 Å². The molecular weight excluding hydrogens is 935 g/mol. The van der Waals surface area contributed by atoms with Crippen molar-refractivity contribution in [3.8, 4) is 78.9 Å². The van der Waals surface area contributed by atoms with E-state index in [0.717, 1.165) is 77.3 Å². The molecule has 0 spiro atoms. The van der Waals surface area contributed by atoms with Gasteiger partial charge in [0.1, 0.15) is 0 Å². The molecule has 0 saturated heterocycles. The van der Waals surface area contributed by atoms with Crippen molar-refractivity contribution in [1.29, 1.82) is 0 Å². The second kappa shape index (κ2) is 18.0. The molecule has 0 bridgehead atoms. The molecule has 1 aliphatic carbocycles. The predicted octanol–water partition coefficient (Wildman–Crippen LogP) is 18.7. The Labute approximate surface area is 449 Å². The second-order valence-corrected chi connectivity index (χ2v) is 22.3. The third-order valence-corrected chi connectivity index (χ3v) is 17.0. The summed E-state index contributed by atoms with van der Waals surface area (Å²) in [6.45, 7) is 12.1. The molecule has 10 aromatic carbocycles. The summed E-state index contributed by atoms with van der Waals surface area (Å²) in [6.07, 6.45) is 1.19. The van der Waals surface area contributed by atoms with Crippen LogP contribution in [-0.4, -0.2) is 24.1 Å². The van der Waals surface area contributed by atoms with E-state index in [1.54, 1.807) is 0 Å². The van der Waals surface area contributed by atoms with Crippen molar-refractivity contribution >= 4 is 43.6 Å². The normalized spacial score (nSPS) is 14.8. The SMILES string of the molecule is CC1CC(C)(C)c2cc(-c3ccc(-c4ccc(-n5c6ccccc6c6ccc7c8ccccc8n(-c8nc(-c9ccc(-c%10ccccc%10)cc9)nc(-c9ccc(-c%10ccccc%10)cc9)n8)c7c65)cc4)cc3)ccc2C1(C)C. The van der Waals surface area contributed by atoms with Crippen LogP contribution in [0.1, 0.15) is 52.2 Å². The first-order valence-corrected chi connectivity index (χ1v) is 27.0. The minimum absolute atomic E-state index is 0.133. The van der Waals surface area contributed by atoms with Crippen molar-refractivity contribution in [2.24, 2.45) is 5.92 Å². The van der Waals surface area contributed by atoms with E-state index in [4.69, 9.17) is 15.0 Å². The van der Waals surface area contributed by atoms with Crippen LogP contribution < -0.4 is 0 Å². The lowest BCUT2D eigenvalue weighted by molar-refractivity contribution is 0.233. The molecule has 0 radical (unpaired) electrons. The Balaban J connectivity index is 0.912. The van der Waals surface area contributed by atoms with Gasteiger partial charge in [-0.3, -0.25) is 4.57 Å². The summed E-state index contributed by atoms with van der Waals surface area (Å²) in [5.74, 6) is 2.38. The number of hydrogen-bond acceptors (Lipinski definition) is 3. The summed E-state index contributed by atoms with van der Waals surface area (Å²) in [7, 11) is 0. The molecule has 3 aromatic heterocycles. The van der Waals surface area contributed by atoms with Gasteiger partial charge >= 0.3 is 0 Å². The fourth-order valence-corrected chi connectivity index (χ4v) is 12.5. The Morgan fingerprint density at radius 1 is 0.351 bits per heavy atom. The maximum atomic E-state index is 5.44. The maximum absolute atomic E-state index is 5.44. The van der Waals surface area contributed by atoms with Crippen LogP contribution in [0, 0.1) is 5.92 Å². The Morgan fingerprint density at radius 3 is 1.25 bits per heavy atom. The molecule has 5 nitrogen and oxygen atoms in total. The van der Waals surface area contributed by atoms with Gasteiger partial charge in [0, 0.05) is 38.4 Å². The first-order valence-electron chi connectivity index (χ1n) is 27.0. The van der Waals surface area contributed by atoms with E-state index >= 15 is 0 Å². The number of benzene rings is 10. The molecule has 0 fully saturated rings. The topological polar surface area (TPSA) is 48.5 Å². The fraction of sp³-hybridized carbons (Fsp3) is 0.125. The Morgan fingerprint density at radius 2 is 0.740 bits per heavy atom. The van der Waals surface area contributed by atoms with Gasteiger partial charge in [0.25, 0.3) is 0 Å². The van der Waals surface area contributed by atoms with E-state index in [0.29, 0.717) is 23.5 Å². The summed E-state index contributed by atoms with van der Waals surface area (Å²) in [5.41, 5.74) is 19.9. The predicted molar refractivity (Wildman–Crippen MR) is 321 cm³/mol. The van der Waals surface area contributed by atoms with Gasteiger partial charge in [-0.2, -0.15) is 9.97 Å². The molecular formula is C72H57N5. The zero-order valence-corrected chi connectivity index (χ0v) is 44.0. The molecule has 0 amide bonds. The summed E-state index contributed by atoms with van der Waals surface area (Å²) < 4.78 is 4.71. The molecule has 1 atom stereocenters. The monoisotopic (exact) mass is 991 g/mol. The van der Waals surface area contributed by atoms with Crippen molar-refractivity contribution < 1.29 is 0 Å². The van der Waals surface area contributed by atoms with Gasteiger partial charge in [0.15, 0.2) is 11.6 Å². The molecule has 370 valence electrons. The second-order valence-electron chi connectivity index (χ2n) is 22.3. The van der Waals surface area contributed by atoms with E-state index in [1.807, 2.05) is 12.1 Å². The minimum atomic E-state index is 0.133. The highest BCUT2D eigenvalue weighted by molar-refractivity contribution is 6.23. The fourth-order valence-electron chi connectivity index (χ4n) is 12.5. The molecule has 77 heavy (non-hydrogen) atoms. The Bertz CT molecular complexity index is 4270. The van der Waals surface area contributed by atoms with Crippen molar-refractivity contribution in [3.05, 3.63) is 248 Å². The van der Waals surface area contributed by atoms with E-state index in [1.165, 1.54) is 45.2 Å². The molecule has 0 aliphatic heterocycles. The molecule has 5 heteroatoms. The third-order valence-electron chi connectivity index (χ3n) is 17.0. The summed E-state index contributed by atoms with van der Waals surface area (Å²) >= 11 is 0. The van der Waals surface area contributed by atoms with Crippen LogP contribution in [-0.2, 0) is 10.8 Å². The van der Waals surface area contributed by atoms with E-state index < -0.39 is 0 Å². The molecule has 1 aliphatic rings. The smallest absolute Gasteiger partial charge is 0.238 e. The summed E-state index contributed by atoms with van der Waals surface area (Å²) in [5, 5.41) is 4.58. The van der Waals surface area contributed by atoms with Gasteiger partial charge in [-0.05, 0) is 103 Å². The van der Waals surface area contributed by atoms with Gasteiger partial charge in [-0.1, -0.05) is 247 Å². The lowest BCUT2D eigenvalue weighted by Gasteiger charge is -2.46. The number of aromatic nitrogens is 5. The lowest BCUT2D eigenvalue weighted by Crippen LogP contribution is -2.40. The van der Waals surface area contributed by atoms with E-state index in [9.17, 15) is 0 Å². The van der Waals surface area contributed by atoms with E-state index in [2.05, 4.69) is 268 Å². The highest BCUT2D eigenvalue weighted by atomic mass is 15.2. The van der Waals surface area contributed by atoms with Crippen LogP contribution in [0.4, 0.5) is 0 Å². The first-order chi connectivity index (χ1) is 37.6. The van der Waals surface area contributed by atoms with Gasteiger partial charge in [-0.25, -0.2) is 4.98 Å². The van der Waals surface area contributed by atoms with Crippen LogP contribution in [0.5, 0.6) is 0 Å². The Hall–Kier alpha value is -9.19. The highest BCUT2D eigenvalue weighted by Gasteiger charge is 2.42. The molecule has 3 heterocycles. The lowest BCUT2D eigenvalue weighted by atomic mass is 9.58. The Kier molecular flexibility index (Phi) is 10.8. The number of hydrogen-bond donors (Lipinski definition) is 0. The van der Waals surface area contributed by atoms with Gasteiger partial charge in [0.05, 0.1) is 22.1 Å². The largest absolute Gasteiger partial charge is 0.307 e. The summed E-state index contributed by atoms with van der Waals surface area (Å²) in [4.78, 5) is 16.1. The third kappa shape index (κ3) is 7.79. The number of nitrogens with zero attached hydrogens (tertiary/aromatic N) is 5. The number of fused-ring (bicyclic) bond motifs is 8. The molecule has 0 N–H and O–H groups in total. The first kappa shape index (κ1) is 46.3. The van der Waals surface area contributed by atoms with Crippen LogP contribution in [0.2, 0.25) is 0 Å². The maximum Gasteiger partial charge on any atom is 0.238 e. The highest BCUT2D eigenvalue weighted by Crippen LogP contribution is 2.50. The molecule has 14 rings (SSSR count). The molecule has 1 unspecified atom stereocenters. The van der Waals surface area contributed by atoms with E-state index in [-0.39, 0.29) is 10.8 Å². The van der Waals surface area contributed by atoms with Gasteiger partial charge in [0.2, 0.25) is 5.95 Å². The van der Waals surface area contributed by atoms with Crippen molar-refractivity contribution in [1.82, 2.24) is 24.1 Å². The van der Waals surface area contributed by atoms with Gasteiger partial charge < -0.3 is 4.57 Å². The quantitative estimate of drug-likeness (QED) is 0.152. The van der Waals surface area contributed by atoms with Gasteiger partial charge in [-0.15, -0.1) is 0 Å². The zero-order chi connectivity index (χ0) is 52.0. The van der Waals surface area contributed by atoms with Crippen LogP contribution in [0.25, 0.3) is 123 Å². The summed E-state index contributed by atoms with van der Waals surface area (Å²) in [6, 6.07) is 85.4. The van der Waals surface area contributed by atoms with Crippen molar-refractivity contribution in [2.75, 3.05) is 0 Å². The van der Waals surface area contributed by atoms with Crippen LogP contribution >= 0.6 is 0 Å². The average Bonchev–Trinajstić information content (AvgIpc) is 4.25. The van der Waals surface area contributed by atoms with Crippen LogP contribution in [0.3, 0.4) is 0 Å². The molecule has 0 saturated carbocycles.